The molecule has 0 radical (unpaired) electrons. The fourth-order valence-electron chi connectivity index (χ4n) is 2.11. The molecule has 1 heterocycles. The fraction of sp³-hybridized carbons (Fsp3) is 0.846. The van der Waals surface area contributed by atoms with Crippen LogP contribution >= 0.6 is 0 Å². The summed E-state index contributed by atoms with van der Waals surface area (Å²) in [6, 6.07) is 2.31. The highest BCUT2D eigenvalue weighted by Gasteiger charge is 2.27. The van der Waals surface area contributed by atoms with E-state index in [4.69, 9.17) is 10.00 Å². The van der Waals surface area contributed by atoms with Crippen LogP contribution in [-0.4, -0.2) is 37.6 Å². The highest BCUT2D eigenvalue weighted by Crippen LogP contribution is 2.22. The Kier molecular flexibility index (Phi) is 4.95. The van der Waals surface area contributed by atoms with Gasteiger partial charge in [-0.3, -0.25) is 4.79 Å². The first-order chi connectivity index (χ1) is 7.98. The lowest BCUT2D eigenvalue weighted by molar-refractivity contribution is -0.147. The Bertz CT molecular complexity index is 307. The summed E-state index contributed by atoms with van der Waals surface area (Å²) in [4.78, 5) is 13.7. The van der Waals surface area contributed by atoms with Gasteiger partial charge in [-0.1, -0.05) is 0 Å². The molecule has 0 unspecified atom stereocenters. The molecule has 17 heavy (non-hydrogen) atoms. The van der Waals surface area contributed by atoms with Crippen LogP contribution in [0.5, 0.6) is 0 Å². The number of methoxy groups -OCH3 is 1. The zero-order valence-corrected chi connectivity index (χ0v) is 11.0. The minimum absolute atomic E-state index is 0.0129. The number of carbonyl (C=O) groups is 1. The topological polar surface area (TPSA) is 53.3 Å². The summed E-state index contributed by atoms with van der Waals surface area (Å²) in [6.45, 7) is 6.58. The van der Waals surface area contributed by atoms with Gasteiger partial charge in [0.15, 0.2) is 0 Å². The fourth-order valence-corrected chi connectivity index (χ4v) is 2.11. The van der Waals surface area contributed by atoms with Crippen LogP contribution in [0.1, 0.15) is 33.1 Å². The summed E-state index contributed by atoms with van der Waals surface area (Å²) in [5.41, 5.74) is -0.280. The average molecular weight is 238 g/mol. The van der Waals surface area contributed by atoms with Crippen LogP contribution in [0.2, 0.25) is 0 Å². The van der Waals surface area contributed by atoms with Crippen LogP contribution in [-0.2, 0) is 9.53 Å². The number of likely N-dealkylation sites (tertiary alicyclic amines) is 1. The highest BCUT2D eigenvalue weighted by molar-refractivity contribution is 5.72. The van der Waals surface area contributed by atoms with E-state index in [0.29, 0.717) is 0 Å². The Labute approximate surface area is 104 Å². The Morgan fingerprint density at radius 2 is 2.29 bits per heavy atom. The van der Waals surface area contributed by atoms with E-state index >= 15 is 0 Å². The summed E-state index contributed by atoms with van der Waals surface area (Å²) in [5, 5.41) is 8.96. The van der Waals surface area contributed by atoms with E-state index in [2.05, 4.69) is 11.0 Å². The van der Waals surface area contributed by atoms with E-state index in [0.717, 1.165) is 38.9 Å². The van der Waals surface area contributed by atoms with Crippen LogP contribution in [0.25, 0.3) is 0 Å². The molecule has 1 atom stereocenters. The van der Waals surface area contributed by atoms with Crippen molar-refractivity contribution in [2.75, 3.05) is 26.7 Å². The standard InChI is InChI=1S/C13H22N2O2/c1-13(2,10-14)6-8-15-7-4-5-11(9-15)12(16)17-3/h11H,4-9H2,1-3H3/t11-/m0/s1. The van der Waals surface area contributed by atoms with Crippen molar-refractivity contribution in [1.29, 1.82) is 5.26 Å². The van der Waals surface area contributed by atoms with Gasteiger partial charge in [-0.05, 0) is 46.2 Å². The predicted molar refractivity (Wildman–Crippen MR) is 65.2 cm³/mol. The summed E-state index contributed by atoms with van der Waals surface area (Å²) in [5.74, 6) is -0.0896. The van der Waals surface area contributed by atoms with Crippen molar-refractivity contribution in [2.24, 2.45) is 11.3 Å². The number of nitrogens with zero attached hydrogens (tertiary/aromatic N) is 2. The zero-order chi connectivity index (χ0) is 12.9. The molecule has 4 nitrogen and oxygen atoms in total. The number of piperidine rings is 1. The number of hydrogen-bond acceptors (Lipinski definition) is 4. The van der Waals surface area contributed by atoms with E-state index in [-0.39, 0.29) is 17.3 Å². The number of hydrogen-bond donors (Lipinski definition) is 0. The van der Waals surface area contributed by atoms with Crippen molar-refractivity contribution in [3.63, 3.8) is 0 Å². The minimum atomic E-state index is -0.280. The first-order valence-electron chi connectivity index (χ1n) is 6.20. The second-order valence-corrected chi connectivity index (χ2v) is 5.41. The molecular weight excluding hydrogens is 216 g/mol. The lowest BCUT2D eigenvalue weighted by Crippen LogP contribution is -2.40. The molecule has 1 rings (SSSR count). The quantitative estimate of drug-likeness (QED) is 0.701. The monoisotopic (exact) mass is 238 g/mol. The van der Waals surface area contributed by atoms with Gasteiger partial charge in [0, 0.05) is 6.54 Å². The van der Waals surface area contributed by atoms with Crippen LogP contribution in [0.4, 0.5) is 0 Å². The molecule has 1 fully saturated rings. The van der Waals surface area contributed by atoms with Gasteiger partial charge in [-0.2, -0.15) is 5.26 Å². The van der Waals surface area contributed by atoms with Gasteiger partial charge in [-0.15, -0.1) is 0 Å². The summed E-state index contributed by atoms with van der Waals surface area (Å²) in [6.07, 6.45) is 2.80. The number of nitriles is 1. The van der Waals surface area contributed by atoms with Gasteiger partial charge >= 0.3 is 5.97 Å². The summed E-state index contributed by atoms with van der Waals surface area (Å²) in [7, 11) is 1.44. The lowest BCUT2D eigenvalue weighted by Gasteiger charge is -2.32. The smallest absolute Gasteiger partial charge is 0.309 e. The molecule has 1 saturated heterocycles. The molecule has 4 heteroatoms. The van der Waals surface area contributed by atoms with Crippen molar-refractivity contribution in [3.8, 4) is 6.07 Å². The molecule has 1 aliphatic heterocycles. The van der Waals surface area contributed by atoms with Crippen LogP contribution in [0.3, 0.4) is 0 Å². The van der Waals surface area contributed by atoms with E-state index < -0.39 is 0 Å². The third kappa shape index (κ3) is 4.35. The van der Waals surface area contributed by atoms with E-state index in [1.807, 2.05) is 13.8 Å². The second-order valence-electron chi connectivity index (χ2n) is 5.41. The molecule has 0 saturated carbocycles. The van der Waals surface area contributed by atoms with Gasteiger partial charge in [-0.25, -0.2) is 0 Å². The normalized spacial score (nSPS) is 21.9. The maximum absolute atomic E-state index is 11.5. The molecule has 0 spiro atoms. The Balaban J connectivity index is 2.40. The van der Waals surface area contributed by atoms with Crippen molar-refractivity contribution in [1.82, 2.24) is 4.90 Å². The van der Waals surface area contributed by atoms with E-state index in [9.17, 15) is 4.79 Å². The molecule has 1 aliphatic rings. The first-order valence-corrected chi connectivity index (χ1v) is 6.20. The largest absolute Gasteiger partial charge is 0.469 e. The maximum Gasteiger partial charge on any atom is 0.309 e. The van der Waals surface area contributed by atoms with Crippen LogP contribution < -0.4 is 0 Å². The molecule has 0 bridgehead atoms. The van der Waals surface area contributed by atoms with Crippen LogP contribution in [0, 0.1) is 22.7 Å². The zero-order valence-electron chi connectivity index (χ0n) is 11.0. The van der Waals surface area contributed by atoms with E-state index in [1.165, 1.54) is 7.11 Å². The number of carbonyl (C=O) groups excluding carboxylic acids is 1. The van der Waals surface area contributed by atoms with Gasteiger partial charge in [0.1, 0.15) is 0 Å². The Hall–Kier alpha value is -1.08. The van der Waals surface area contributed by atoms with Gasteiger partial charge in [0.2, 0.25) is 0 Å². The van der Waals surface area contributed by atoms with Crippen LogP contribution in [0.15, 0.2) is 0 Å². The summed E-state index contributed by atoms with van der Waals surface area (Å²) < 4.78 is 4.79. The van der Waals surface area contributed by atoms with Gasteiger partial charge < -0.3 is 9.64 Å². The van der Waals surface area contributed by atoms with Crippen molar-refractivity contribution >= 4 is 5.97 Å². The molecular formula is C13H22N2O2. The Morgan fingerprint density at radius 1 is 1.59 bits per heavy atom. The molecule has 0 amide bonds. The minimum Gasteiger partial charge on any atom is -0.469 e. The van der Waals surface area contributed by atoms with E-state index in [1.54, 1.807) is 0 Å². The molecule has 0 aromatic heterocycles. The molecule has 0 aliphatic carbocycles. The average Bonchev–Trinajstić information content (AvgIpc) is 2.36. The van der Waals surface area contributed by atoms with Crippen molar-refractivity contribution in [3.05, 3.63) is 0 Å². The maximum atomic E-state index is 11.5. The molecule has 0 aromatic rings. The Morgan fingerprint density at radius 3 is 2.88 bits per heavy atom. The highest BCUT2D eigenvalue weighted by atomic mass is 16.5. The molecule has 0 aromatic carbocycles. The van der Waals surface area contributed by atoms with Gasteiger partial charge in [0.05, 0.1) is 24.5 Å². The van der Waals surface area contributed by atoms with Crippen molar-refractivity contribution < 1.29 is 9.53 Å². The van der Waals surface area contributed by atoms with Gasteiger partial charge in [0.25, 0.3) is 0 Å². The number of rotatable bonds is 4. The lowest BCUT2D eigenvalue weighted by atomic mass is 9.90. The summed E-state index contributed by atoms with van der Waals surface area (Å²) >= 11 is 0. The van der Waals surface area contributed by atoms with Crippen molar-refractivity contribution in [2.45, 2.75) is 33.1 Å². The predicted octanol–water partition coefficient (Wildman–Crippen LogP) is 1.81. The number of esters is 1. The molecule has 96 valence electrons. The number of ether oxygens (including phenoxy) is 1. The second kappa shape index (κ2) is 6.02. The third-order valence-electron chi connectivity index (χ3n) is 3.40. The first kappa shape index (κ1) is 14.0. The SMILES string of the molecule is COC(=O)[C@H]1CCCN(CCC(C)(C)C#N)C1. The molecule has 0 N–H and O–H groups in total. The third-order valence-corrected chi connectivity index (χ3v) is 3.40.